The number of nitrogens with one attached hydrogen (secondary N) is 2. The van der Waals surface area contributed by atoms with E-state index in [2.05, 4.69) is 15.3 Å². The van der Waals surface area contributed by atoms with E-state index in [1.807, 2.05) is 24.3 Å². The number of nitrogens with zero attached hydrogens (tertiary/aromatic N) is 4. The highest BCUT2D eigenvalue weighted by Crippen LogP contribution is 2.52. The fourth-order valence-corrected chi connectivity index (χ4v) is 7.18. The molecule has 2 aliphatic heterocycles. The van der Waals surface area contributed by atoms with E-state index in [-0.39, 0.29) is 46.0 Å². The van der Waals surface area contributed by atoms with Gasteiger partial charge in [-0.1, -0.05) is 53.0 Å². The second kappa shape index (κ2) is 10.6. The molecule has 4 heterocycles. The number of likely N-dealkylation sites (tertiary alicyclic amines) is 1. The standard InChI is InChI=1S/C28H23Cl3N6O6/c1-13-32-12-20(37(42)43)35(13)6-7-36-25(38)21-22(26(36)39)28(27(40)41,10-14-11-33-19-5-3-2-4-16(14)19)34-24(21)17-8-15(29)9-18(30)23(17)31/h2-5,8-9,11-12,21-22,24,33-34H,6-7,10H2,1H3,(H,40,41). The Bertz CT molecular complexity index is 1840. The van der Waals surface area contributed by atoms with E-state index in [4.69, 9.17) is 34.8 Å². The molecule has 12 nitrogen and oxygen atoms in total. The number of benzene rings is 2. The van der Waals surface area contributed by atoms with Crippen LogP contribution in [0.2, 0.25) is 15.1 Å². The first-order valence-electron chi connectivity index (χ1n) is 13.2. The number of carbonyl (C=O) groups is 3. The van der Waals surface area contributed by atoms with Crippen molar-refractivity contribution in [3.63, 3.8) is 0 Å². The molecule has 15 heteroatoms. The number of para-hydroxylation sites is 1. The van der Waals surface area contributed by atoms with Crippen molar-refractivity contribution in [2.45, 2.75) is 31.5 Å². The number of aromatic nitrogens is 3. The number of rotatable bonds is 8. The zero-order valence-electron chi connectivity index (χ0n) is 22.4. The third-order valence-electron chi connectivity index (χ3n) is 8.40. The van der Waals surface area contributed by atoms with Crippen LogP contribution < -0.4 is 5.32 Å². The first-order chi connectivity index (χ1) is 20.4. The Morgan fingerprint density at radius 1 is 1.16 bits per heavy atom. The summed E-state index contributed by atoms with van der Waals surface area (Å²) in [5, 5.41) is 26.6. The molecule has 2 amide bonds. The number of carbonyl (C=O) groups excluding carboxylic acids is 2. The number of aryl methyl sites for hydroxylation is 1. The van der Waals surface area contributed by atoms with E-state index in [1.54, 1.807) is 13.1 Å². The number of H-pyrrole nitrogens is 1. The molecule has 222 valence electrons. The van der Waals surface area contributed by atoms with Gasteiger partial charge in [-0.3, -0.25) is 24.6 Å². The van der Waals surface area contributed by atoms with E-state index >= 15 is 0 Å². The molecule has 4 atom stereocenters. The van der Waals surface area contributed by atoms with Gasteiger partial charge in [0.15, 0.2) is 5.82 Å². The predicted molar refractivity (Wildman–Crippen MR) is 157 cm³/mol. The van der Waals surface area contributed by atoms with Gasteiger partial charge in [0.2, 0.25) is 11.8 Å². The number of aromatic amines is 1. The number of hydrogen-bond acceptors (Lipinski definition) is 7. The number of halogens is 3. The summed E-state index contributed by atoms with van der Waals surface area (Å²) in [7, 11) is 0. The lowest BCUT2D eigenvalue weighted by atomic mass is 9.76. The number of aliphatic carboxylic acids is 1. The quantitative estimate of drug-likeness (QED) is 0.109. The Labute approximate surface area is 258 Å². The van der Waals surface area contributed by atoms with Crippen LogP contribution in [-0.4, -0.2) is 59.3 Å². The molecule has 0 saturated carbocycles. The minimum atomic E-state index is -1.93. The highest BCUT2D eigenvalue weighted by atomic mass is 35.5. The number of amides is 2. The smallest absolute Gasteiger partial charge is 0.342 e. The Morgan fingerprint density at radius 3 is 2.63 bits per heavy atom. The maximum absolute atomic E-state index is 14.1. The Morgan fingerprint density at radius 2 is 1.91 bits per heavy atom. The highest BCUT2D eigenvalue weighted by molar-refractivity contribution is 6.43. The maximum atomic E-state index is 14.1. The van der Waals surface area contributed by atoms with Crippen molar-refractivity contribution in [1.82, 2.24) is 24.8 Å². The van der Waals surface area contributed by atoms with E-state index in [9.17, 15) is 29.6 Å². The molecule has 2 saturated heterocycles. The Balaban J connectivity index is 1.45. The summed E-state index contributed by atoms with van der Waals surface area (Å²) in [6.45, 7) is 1.22. The first-order valence-corrected chi connectivity index (χ1v) is 14.3. The van der Waals surface area contributed by atoms with Crippen molar-refractivity contribution in [3.8, 4) is 0 Å². The van der Waals surface area contributed by atoms with Crippen LogP contribution in [0.15, 0.2) is 48.8 Å². The average molecular weight is 646 g/mol. The minimum absolute atomic E-state index is 0.0685. The molecule has 2 fully saturated rings. The molecular formula is C28H23Cl3N6O6. The van der Waals surface area contributed by atoms with Crippen LogP contribution in [0.1, 0.15) is 23.0 Å². The average Bonchev–Trinajstić information content (AvgIpc) is 3.69. The van der Waals surface area contributed by atoms with Crippen LogP contribution in [-0.2, 0) is 27.3 Å². The first kappa shape index (κ1) is 29.1. The van der Waals surface area contributed by atoms with Gasteiger partial charge in [0, 0.05) is 41.5 Å². The number of imidazole rings is 1. The van der Waals surface area contributed by atoms with Crippen molar-refractivity contribution >= 4 is 69.3 Å². The molecular weight excluding hydrogens is 623 g/mol. The van der Waals surface area contributed by atoms with Crippen molar-refractivity contribution < 1.29 is 24.4 Å². The molecule has 0 spiro atoms. The second-order valence-corrected chi connectivity index (χ2v) is 11.9. The number of imide groups is 1. The summed E-state index contributed by atoms with van der Waals surface area (Å²) in [5.41, 5.74) is -0.248. The molecule has 4 aromatic rings. The number of fused-ring (bicyclic) bond motifs is 2. The molecule has 0 bridgehead atoms. The number of carboxylic acids is 1. The van der Waals surface area contributed by atoms with Crippen LogP contribution in [0.4, 0.5) is 5.82 Å². The largest absolute Gasteiger partial charge is 0.480 e. The van der Waals surface area contributed by atoms with Crippen LogP contribution in [0, 0.1) is 28.9 Å². The van der Waals surface area contributed by atoms with Gasteiger partial charge < -0.3 is 20.2 Å². The summed E-state index contributed by atoms with van der Waals surface area (Å²) in [4.78, 5) is 60.4. The third-order valence-corrected chi connectivity index (χ3v) is 9.43. The number of carboxylic acid groups (broad SMARTS) is 1. The maximum Gasteiger partial charge on any atom is 0.342 e. The Hall–Kier alpha value is -3.97. The molecule has 2 aromatic heterocycles. The normalized spacial score (nSPS) is 23.3. The van der Waals surface area contributed by atoms with Crippen LogP contribution in [0.3, 0.4) is 0 Å². The van der Waals surface area contributed by atoms with Gasteiger partial charge in [0.05, 0.1) is 28.4 Å². The third kappa shape index (κ3) is 4.56. The van der Waals surface area contributed by atoms with Gasteiger partial charge in [-0.15, -0.1) is 0 Å². The molecule has 3 N–H and O–H groups in total. The van der Waals surface area contributed by atoms with Crippen molar-refractivity contribution in [2.75, 3.05) is 6.54 Å². The summed E-state index contributed by atoms with van der Waals surface area (Å²) < 4.78 is 1.29. The molecule has 2 aliphatic rings. The van der Waals surface area contributed by atoms with E-state index in [1.165, 1.54) is 16.7 Å². The lowest BCUT2D eigenvalue weighted by Gasteiger charge is -2.31. The summed E-state index contributed by atoms with van der Waals surface area (Å²) >= 11 is 19.2. The molecule has 43 heavy (non-hydrogen) atoms. The van der Waals surface area contributed by atoms with Crippen LogP contribution in [0.5, 0.6) is 0 Å². The van der Waals surface area contributed by atoms with E-state index in [0.29, 0.717) is 11.4 Å². The fourth-order valence-electron chi connectivity index (χ4n) is 6.44. The molecule has 2 aromatic carbocycles. The van der Waals surface area contributed by atoms with E-state index in [0.717, 1.165) is 22.0 Å². The predicted octanol–water partition coefficient (Wildman–Crippen LogP) is 4.55. The van der Waals surface area contributed by atoms with Crippen molar-refractivity contribution in [3.05, 3.63) is 90.9 Å². The molecule has 0 radical (unpaired) electrons. The van der Waals surface area contributed by atoms with Crippen molar-refractivity contribution in [1.29, 1.82) is 0 Å². The Kier molecular flexibility index (Phi) is 7.20. The van der Waals surface area contributed by atoms with Gasteiger partial charge in [0.25, 0.3) is 0 Å². The number of nitro groups is 1. The van der Waals surface area contributed by atoms with Crippen LogP contribution >= 0.6 is 34.8 Å². The van der Waals surface area contributed by atoms with Crippen molar-refractivity contribution in [2.24, 2.45) is 11.8 Å². The van der Waals surface area contributed by atoms with E-state index < -0.39 is 46.1 Å². The van der Waals surface area contributed by atoms with Gasteiger partial charge >= 0.3 is 11.8 Å². The minimum Gasteiger partial charge on any atom is -0.480 e. The SMILES string of the molecule is Cc1ncc([N+](=O)[O-])n1CCN1C(=O)C2C(c3cc(Cl)cc(Cl)c3Cl)NC(Cc3c[nH]c4ccccc34)(C(=O)O)C2C1=O. The number of hydrogen-bond donors (Lipinski definition) is 3. The monoisotopic (exact) mass is 644 g/mol. The van der Waals surface area contributed by atoms with Gasteiger partial charge in [-0.2, -0.15) is 0 Å². The van der Waals surface area contributed by atoms with Gasteiger partial charge in [-0.05, 0) is 34.2 Å². The highest BCUT2D eigenvalue weighted by Gasteiger charge is 2.68. The molecule has 0 aliphatic carbocycles. The lowest BCUT2D eigenvalue weighted by molar-refractivity contribution is -0.392. The lowest BCUT2D eigenvalue weighted by Crippen LogP contribution is -2.57. The topological polar surface area (TPSA) is 163 Å². The summed E-state index contributed by atoms with van der Waals surface area (Å²) in [6.07, 6.45) is 2.64. The van der Waals surface area contributed by atoms with Gasteiger partial charge in [-0.25, -0.2) is 9.55 Å². The summed E-state index contributed by atoms with van der Waals surface area (Å²) in [5.74, 6) is -5.17. The molecule has 6 rings (SSSR count). The molecule has 4 unspecified atom stereocenters. The summed E-state index contributed by atoms with van der Waals surface area (Å²) in [6, 6.07) is 9.21. The zero-order valence-corrected chi connectivity index (χ0v) is 24.7. The second-order valence-electron chi connectivity index (χ2n) is 10.6. The van der Waals surface area contributed by atoms with Crippen LogP contribution in [0.25, 0.3) is 10.9 Å². The zero-order chi connectivity index (χ0) is 30.8. The fraction of sp³-hybridized carbons (Fsp3) is 0.286. The van der Waals surface area contributed by atoms with Gasteiger partial charge in [0.1, 0.15) is 18.3 Å².